The van der Waals surface area contributed by atoms with Crippen molar-refractivity contribution in [1.82, 2.24) is 20.2 Å². The first-order valence-electron chi connectivity index (χ1n) is 9.21. The summed E-state index contributed by atoms with van der Waals surface area (Å²) in [6, 6.07) is 5.44. The van der Waals surface area contributed by atoms with Gasteiger partial charge in [-0.15, -0.1) is 0 Å². The van der Waals surface area contributed by atoms with Gasteiger partial charge in [0.05, 0.1) is 24.2 Å². The second-order valence-corrected chi connectivity index (χ2v) is 8.62. The lowest BCUT2D eigenvalue weighted by Crippen LogP contribution is -2.52. The molecular weight excluding hydrogens is 412 g/mol. The number of methoxy groups -OCH3 is 1. The molecule has 27 heavy (non-hydrogen) atoms. The van der Waals surface area contributed by atoms with Crippen molar-refractivity contribution in [3.63, 3.8) is 0 Å². The van der Waals surface area contributed by atoms with Crippen LogP contribution in [0.15, 0.2) is 22.7 Å². The molecule has 2 unspecified atom stereocenters. The number of piperidine rings is 1. The number of aromatic amines is 1. The number of benzene rings is 1. The average Bonchev–Trinajstić information content (AvgIpc) is 3.10. The van der Waals surface area contributed by atoms with Crippen molar-refractivity contribution in [2.75, 3.05) is 7.11 Å². The number of nitrogens with one attached hydrogen (secondary N) is 2. The largest absolute Gasteiger partial charge is 0.453 e. The Morgan fingerprint density at radius 3 is 2.85 bits per heavy atom. The lowest BCUT2D eigenvalue weighted by Gasteiger charge is -2.31. The fourth-order valence-corrected chi connectivity index (χ4v) is 4.40. The minimum absolute atomic E-state index is 0.0401. The zero-order valence-corrected chi connectivity index (χ0v) is 17.1. The molecule has 1 aliphatic carbocycles. The molecule has 4 rings (SSSR count). The van der Waals surface area contributed by atoms with Crippen molar-refractivity contribution in [1.29, 1.82) is 0 Å². The van der Waals surface area contributed by atoms with Crippen LogP contribution in [0.25, 0.3) is 11.0 Å². The average molecular weight is 435 g/mol. The van der Waals surface area contributed by atoms with E-state index in [2.05, 4.69) is 26.2 Å². The number of likely N-dealkylation sites (tertiary alicyclic amines) is 1. The number of ether oxygens (including phenoxy) is 1. The number of carbonyl (C=O) groups excluding carboxylic acids is 2. The first-order chi connectivity index (χ1) is 12.9. The SMILES string of the molecule is COC(=O)N[C@H](C(=O)N1C2CC2C[C@H]1c1nc2ccc(Br)cc2[nH]1)C(C)C. The van der Waals surface area contributed by atoms with Gasteiger partial charge in [-0.1, -0.05) is 29.8 Å². The monoisotopic (exact) mass is 434 g/mol. The standard InChI is InChI=1S/C19H23BrN4O3/c1-9(2)16(23-19(26)27-3)18(25)24-14-6-10(14)7-15(24)17-21-12-5-4-11(20)8-13(12)22-17/h4-5,8-10,14-16H,6-7H2,1-3H3,(H,21,22)(H,23,26)/t10?,14?,15-,16-/m0/s1. The van der Waals surface area contributed by atoms with Crippen LogP contribution in [0.4, 0.5) is 4.79 Å². The number of alkyl carbamates (subject to hydrolysis) is 1. The van der Waals surface area contributed by atoms with E-state index in [4.69, 9.17) is 9.72 Å². The van der Waals surface area contributed by atoms with Crippen molar-refractivity contribution >= 4 is 39.0 Å². The van der Waals surface area contributed by atoms with E-state index in [1.165, 1.54) is 7.11 Å². The minimum Gasteiger partial charge on any atom is -0.453 e. The summed E-state index contributed by atoms with van der Waals surface area (Å²) in [6.45, 7) is 3.85. The molecule has 8 heteroatoms. The van der Waals surface area contributed by atoms with Gasteiger partial charge in [-0.2, -0.15) is 0 Å². The number of carbonyl (C=O) groups is 2. The third-order valence-corrected chi connectivity index (χ3v) is 6.02. The number of hydrogen-bond acceptors (Lipinski definition) is 4. The maximum Gasteiger partial charge on any atom is 0.407 e. The lowest BCUT2D eigenvalue weighted by molar-refractivity contribution is -0.136. The Bertz CT molecular complexity index is 896. The summed E-state index contributed by atoms with van der Waals surface area (Å²) in [6.07, 6.45) is 1.34. The molecule has 0 radical (unpaired) electrons. The number of hydrogen-bond donors (Lipinski definition) is 2. The summed E-state index contributed by atoms with van der Waals surface area (Å²) in [5, 5.41) is 2.70. The number of aromatic nitrogens is 2. The number of halogens is 1. The summed E-state index contributed by atoms with van der Waals surface area (Å²) >= 11 is 3.48. The molecule has 1 aliphatic heterocycles. The minimum atomic E-state index is -0.613. The molecule has 2 aliphatic rings. The third-order valence-electron chi connectivity index (χ3n) is 5.53. The van der Waals surface area contributed by atoms with Gasteiger partial charge in [-0.25, -0.2) is 9.78 Å². The van der Waals surface area contributed by atoms with Crippen LogP contribution in [0.5, 0.6) is 0 Å². The van der Waals surface area contributed by atoms with Crippen molar-refractivity contribution in [2.45, 2.75) is 44.8 Å². The molecular formula is C19H23BrN4O3. The van der Waals surface area contributed by atoms with Crippen molar-refractivity contribution in [3.8, 4) is 0 Å². The molecule has 1 saturated heterocycles. The normalized spacial score (nSPS) is 24.8. The highest BCUT2D eigenvalue weighted by Gasteiger charge is 2.56. The van der Waals surface area contributed by atoms with Crippen LogP contribution in [0.3, 0.4) is 0 Å². The van der Waals surface area contributed by atoms with Crippen LogP contribution < -0.4 is 5.32 Å². The van der Waals surface area contributed by atoms with Gasteiger partial charge >= 0.3 is 6.09 Å². The van der Waals surface area contributed by atoms with Crippen LogP contribution in [0.1, 0.15) is 38.6 Å². The second kappa shape index (κ2) is 6.82. The quantitative estimate of drug-likeness (QED) is 0.771. The van der Waals surface area contributed by atoms with Gasteiger partial charge in [0.2, 0.25) is 5.91 Å². The number of amides is 2. The summed E-state index contributed by atoms with van der Waals surface area (Å²) in [5.41, 5.74) is 1.83. The Balaban J connectivity index is 1.63. The summed E-state index contributed by atoms with van der Waals surface area (Å²) < 4.78 is 5.68. The number of imidazole rings is 1. The number of H-pyrrole nitrogens is 1. The van der Waals surface area contributed by atoms with Crippen LogP contribution in [0, 0.1) is 11.8 Å². The van der Waals surface area contributed by atoms with Gasteiger partial charge in [0.1, 0.15) is 11.9 Å². The number of fused-ring (bicyclic) bond motifs is 2. The van der Waals surface area contributed by atoms with E-state index in [1.807, 2.05) is 36.9 Å². The molecule has 2 amide bonds. The Kier molecular flexibility index (Phi) is 4.61. The summed E-state index contributed by atoms with van der Waals surface area (Å²) in [7, 11) is 1.30. The molecule has 7 nitrogen and oxygen atoms in total. The predicted molar refractivity (Wildman–Crippen MR) is 104 cm³/mol. The Morgan fingerprint density at radius 1 is 1.37 bits per heavy atom. The van der Waals surface area contributed by atoms with Crippen LogP contribution in [0.2, 0.25) is 0 Å². The second-order valence-electron chi connectivity index (χ2n) is 7.70. The lowest BCUT2D eigenvalue weighted by atomic mass is 10.0. The van der Waals surface area contributed by atoms with Crippen molar-refractivity contribution in [2.24, 2.45) is 11.8 Å². The number of rotatable bonds is 4. The predicted octanol–water partition coefficient (Wildman–Crippen LogP) is 3.37. The molecule has 1 aromatic heterocycles. The Hall–Kier alpha value is -2.09. The molecule has 2 aromatic rings. The van der Waals surface area contributed by atoms with Gasteiger partial charge < -0.3 is 19.9 Å². The van der Waals surface area contributed by atoms with Crippen LogP contribution >= 0.6 is 15.9 Å². The number of nitrogens with zero attached hydrogens (tertiary/aromatic N) is 2. The van der Waals surface area contributed by atoms with Crippen molar-refractivity contribution < 1.29 is 14.3 Å². The Morgan fingerprint density at radius 2 is 2.15 bits per heavy atom. The highest BCUT2D eigenvalue weighted by Crippen LogP contribution is 2.53. The zero-order chi connectivity index (χ0) is 19.3. The van der Waals surface area contributed by atoms with Crippen LogP contribution in [-0.2, 0) is 9.53 Å². The zero-order valence-electron chi connectivity index (χ0n) is 15.5. The first kappa shape index (κ1) is 18.3. The Labute approximate surface area is 166 Å². The van der Waals surface area contributed by atoms with E-state index in [9.17, 15) is 9.59 Å². The third kappa shape index (κ3) is 3.31. The van der Waals surface area contributed by atoms with Crippen LogP contribution in [-0.4, -0.2) is 46.1 Å². The smallest absolute Gasteiger partial charge is 0.407 e. The van der Waals surface area contributed by atoms with Gasteiger partial charge in [0.25, 0.3) is 0 Å². The first-order valence-corrected chi connectivity index (χ1v) is 10.00. The van der Waals surface area contributed by atoms with Gasteiger partial charge in [0.15, 0.2) is 0 Å². The summed E-state index contributed by atoms with van der Waals surface area (Å²) in [5.74, 6) is 1.22. The molecule has 1 saturated carbocycles. The molecule has 2 fully saturated rings. The molecule has 2 N–H and O–H groups in total. The van der Waals surface area contributed by atoms with E-state index in [0.717, 1.165) is 34.2 Å². The highest BCUT2D eigenvalue weighted by molar-refractivity contribution is 9.10. The van der Waals surface area contributed by atoms with E-state index in [0.29, 0.717) is 5.92 Å². The van der Waals surface area contributed by atoms with E-state index < -0.39 is 12.1 Å². The van der Waals surface area contributed by atoms with Gasteiger partial charge in [-0.3, -0.25) is 4.79 Å². The maximum absolute atomic E-state index is 13.3. The molecule has 2 heterocycles. The maximum atomic E-state index is 13.3. The molecule has 1 aromatic carbocycles. The molecule has 4 atom stereocenters. The topological polar surface area (TPSA) is 87.3 Å². The van der Waals surface area contributed by atoms with Gasteiger partial charge in [-0.05, 0) is 42.9 Å². The fourth-order valence-electron chi connectivity index (χ4n) is 4.04. The van der Waals surface area contributed by atoms with Crippen molar-refractivity contribution in [3.05, 3.63) is 28.5 Å². The molecule has 0 spiro atoms. The van der Waals surface area contributed by atoms with E-state index >= 15 is 0 Å². The van der Waals surface area contributed by atoms with E-state index in [-0.39, 0.29) is 23.9 Å². The highest BCUT2D eigenvalue weighted by atomic mass is 79.9. The van der Waals surface area contributed by atoms with Gasteiger partial charge in [0, 0.05) is 10.5 Å². The fraction of sp³-hybridized carbons (Fsp3) is 0.526. The molecule has 0 bridgehead atoms. The summed E-state index contributed by atoms with van der Waals surface area (Å²) in [4.78, 5) is 35.1. The molecule has 144 valence electrons. The van der Waals surface area contributed by atoms with E-state index in [1.54, 1.807) is 0 Å².